The smallest absolute Gasteiger partial charge is 0.341 e. The molecule has 0 unspecified atom stereocenters. The molecule has 0 aliphatic heterocycles. The third-order valence-corrected chi connectivity index (χ3v) is 2.68. The Hall–Kier alpha value is -2.56. The quantitative estimate of drug-likeness (QED) is 0.879. The maximum Gasteiger partial charge on any atom is 0.341 e. The summed E-state index contributed by atoms with van der Waals surface area (Å²) in [6.07, 6.45) is 1.18. The Morgan fingerprint density at radius 3 is 2.63 bits per heavy atom. The van der Waals surface area contributed by atoms with Crippen LogP contribution in [0.4, 0.5) is 0 Å². The number of ether oxygens (including phenoxy) is 1. The molecule has 2 aromatic rings. The lowest BCUT2D eigenvalue weighted by molar-refractivity contribution is 0.0694. The van der Waals surface area contributed by atoms with E-state index in [1.54, 1.807) is 6.92 Å². The van der Waals surface area contributed by atoms with Crippen molar-refractivity contribution in [3.63, 3.8) is 0 Å². The lowest BCUT2D eigenvalue weighted by atomic mass is 10.2. The van der Waals surface area contributed by atoms with Crippen molar-refractivity contribution in [3.8, 4) is 5.75 Å². The molecule has 5 nitrogen and oxygen atoms in total. The van der Waals surface area contributed by atoms with Crippen LogP contribution >= 0.6 is 0 Å². The molecule has 19 heavy (non-hydrogen) atoms. The summed E-state index contributed by atoms with van der Waals surface area (Å²) in [7, 11) is 0. The number of H-pyrrole nitrogens is 1. The molecule has 2 rings (SSSR count). The van der Waals surface area contributed by atoms with E-state index in [1.807, 2.05) is 30.3 Å². The molecule has 1 aromatic heterocycles. The Labute approximate surface area is 109 Å². The standard InChI is InChI=1S/C14H13NO4/c1-9-13(12(16)11(7-15-9)14(17)18)19-8-10-5-3-2-4-6-10/h2-7H,8H2,1H3,(H,15,16)(H,17,18). The molecule has 0 atom stereocenters. The van der Waals surface area contributed by atoms with Gasteiger partial charge < -0.3 is 14.8 Å². The Kier molecular flexibility index (Phi) is 3.66. The summed E-state index contributed by atoms with van der Waals surface area (Å²) in [6, 6.07) is 9.34. The fourth-order valence-electron chi connectivity index (χ4n) is 1.67. The van der Waals surface area contributed by atoms with Gasteiger partial charge in [-0.25, -0.2) is 4.79 Å². The lowest BCUT2D eigenvalue weighted by Gasteiger charge is -2.09. The van der Waals surface area contributed by atoms with E-state index in [0.717, 1.165) is 5.56 Å². The molecular formula is C14H13NO4. The zero-order valence-corrected chi connectivity index (χ0v) is 10.3. The summed E-state index contributed by atoms with van der Waals surface area (Å²) < 4.78 is 5.44. The van der Waals surface area contributed by atoms with Gasteiger partial charge >= 0.3 is 5.97 Å². The first-order chi connectivity index (χ1) is 9.09. The number of aromatic nitrogens is 1. The number of pyridine rings is 1. The molecule has 0 amide bonds. The second-order valence-electron chi connectivity index (χ2n) is 4.07. The fraction of sp³-hybridized carbons (Fsp3) is 0.143. The molecule has 1 heterocycles. The minimum absolute atomic E-state index is 0.0451. The van der Waals surface area contributed by atoms with Crippen molar-refractivity contribution >= 4 is 5.97 Å². The molecule has 0 radical (unpaired) electrons. The van der Waals surface area contributed by atoms with Crippen molar-refractivity contribution in [2.45, 2.75) is 13.5 Å². The highest BCUT2D eigenvalue weighted by atomic mass is 16.5. The molecule has 5 heteroatoms. The number of rotatable bonds is 4. The van der Waals surface area contributed by atoms with Crippen LogP contribution in [0.15, 0.2) is 41.3 Å². The number of carboxylic acids is 1. The summed E-state index contributed by atoms with van der Waals surface area (Å²) in [6.45, 7) is 1.88. The van der Waals surface area contributed by atoms with E-state index in [0.29, 0.717) is 5.69 Å². The number of carboxylic acid groups (broad SMARTS) is 1. The van der Waals surface area contributed by atoms with Crippen LogP contribution in [0.2, 0.25) is 0 Å². The van der Waals surface area contributed by atoms with Crippen LogP contribution in [0.5, 0.6) is 5.75 Å². The molecular weight excluding hydrogens is 246 g/mol. The second kappa shape index (κ2) is 5.39. The van der Waals surface area contributed by atoms with Gasteiger partial charge in [0.05, 0.1) is 5.69 Å². The minimum Gasteiger partial charge on any atom is -0.483 e. The second-order valence-corrected chi connectivity index (χ2v) is 4.07. The van der Waals surface area contributed by atoms with Crippen LogP contribution in [-0.2, 0) is 6.61 Å². The lowest BCUT2D eigenvalue weighted by Crippen LogP contribution is -2.19. The van der Waals surface area contributed by atoms with Gasteiger partial charge in [-0.3, -0.25) is 4.79 Å². The molecule has 0 fully saturated rings. The highest BCUT2D eigenvalue weighted by molar-refractivity contribution is 5.87. The number of hydrogen-bond donors (Lipinski definition) is 2. The van der Waals surface area contributed by atoms with Crippen LogP contribution in [0.1, 0.15) is 21.6 Å². The Balaban J connectivity index is 2.28. The highest BCUT2D eigenvalue weighted by Crippen LogP contribution is 2.12. The van der Waals surface area contributed by atoms with Gasteiger partial charge in [0, 0.05) is 6.20 Å². The third kappa shape index (κ3) is 2.82. The van der Waals surface area contributed by atoms with Crippen molar-refractivity contribution in [1.82, 2.24) is 4.98 Å². The molecule has 98 valence electrons. The monoisotopic (exact) mass is 259 g/mol. The van der Waals surface area contributed by atoms with Crippen LogP contribution in [0, 0.1) is 6.92 Å². The Morgan fingerprint density at radius 2 is 2.00 bits per heavy atom. The van der Waals surface area contributed by atoms with E-state index in [2.05, 4.69) is 4.98 Å². The predicted molar refractivity (Wildman–Crippen MR) is 69.5 cm³/mol. The summed E-state index contributed by atoms with van der Waals surface area (Å²) in [5.41, 5.74) is 0.473. The number of benzene rings is 1. The fourth-order valence-corrected chi connectivity index (χ4v) is 1.67. The normalized spacial score (nSPS) is 10.2. The van der Waals surface area contributed by atoms with Crippen molar-refractivity contribution in [2.75, 3.05) is 0 Å². The zero-order valence-electron chi connectivity index (χ0n) is 10.3. The van der Waals surface area contributed by atoms with E-state index in [-0.39, 0.29) is 17.9 Å². The van der Waals surface area contributed by atoms with Gasteiger partial charge in [-0.05, 0) is 12.5 Å². The van der Waals surface area contributed by atoms with Gasteiger partial charge in [-0.15, -0.1) is 0 Å². The number of carbonyl (C=O) groups is 1. The Bertz CT molecular complexity index is 646. The maximum atomic E-state index is 11.9. The molecule has 0 saturated heterocycles. The molecule has 1 aromatic carbocycles. The first-order valence-corrected chi connectivity index (χ1v) is 5.72. The molecule has 0 aliphatic carbocycles. The van der Waals surface area contributed by atoms with Crippen molar-refractivity contribution < 1.29 is 14.6 Å². The summed E-state index contributed by atoms with van der Waals surface area (Å²) in [5, 5.41) is 8.89. The van der Waals surface area contributed by atoms with E-state index in [4.69, 9.17) is 9.84 Å². The van der Waals surface area contributed by atoms with Gasteiger partial charge in [0.15, 0.2) is 5.75 Å². The minimum atomic E-state index is -1.27. The number of aryl methyl sites for hydroxylation is 1. The average Bonchev–Trinajstić information content (AvgIpc) is 2.39. The maximum absolute atomic E-state index is 11.9. The number of hydrogen-bond acceptors (Lipinski definition) is 3. The molecule has 0 bridgehead atoms. The summed E-state index contributed by atoms with van der Waals surface area (Å²) in [5.74, 6) is -1.23. The summed E-state index contributed by atoms with van der Waals surface area (Å²) in [4.78, 5) is 25.5. The van der Waals surface area contributed by atoms with Gasteiger partial charge in [0.25, 0.3) is 0 Å². The van der Waals surface area contributed by atoms with Crippen molar-refractivity contribution in [2.24, 2.45) is 0 Å². The van der Waals surface area contributed by atoms with Gasteiger partial charge in [0.1, 0.15) is 12.2 Å². The van der Waals surface area contributed by atoms with E-state index < -0.39 is 11.4 Å². The van der Waals surface area contributed by atoms with Crippen LogP contribution in [0.25, 0.3) is 0 Å². The molecule has 2 N–H and O–H groups in total. The third-order valence-electron chi connectivity index (χ3n) is 2.68. The number of aromatic carboxylic acids is 1. The SMILES string of the molecule is Cc1[nH]cc(C(=O)O)c(=O)c1OCc1ccccc1. The van der Waals surface area contributed by atoms with E-state index >= 15 is 0 Å². The Morgan fingerprint density at radius 1 is 1.32 bits per heavy atom. The van der Waals surface area contributed by atoms with Crippen LogP contribution in [0.3, 0.4) is 0 Å². The summed E-state index contributed by atoms with van der Waals surface area (Å²) >= 11 is 0. The van der Waals surface area contributed by atoms with Gasteiger partial charge in [0.2, 0.25) is 5.43 Å². The molecule has 0 spiro atoms. The van der Waals surface area contributed by atoms with E-state index in [9.17, 15) is 9.59 Å². The van der Waals surface area contributed by atoms with E-state index in [1.165, 1.54) is 6.20 Å². The topological polar surface area (TPSA) is 79.4 Å². The number of nitrogens with one attached hydrogen (secondary N) is 1. The molecule has 0 aliphatic rings. The highest BCUT2D eigenvalue weighted by Gasteiger charge is 2.15. The largest absolute Gasteiger partial charge is 0.483 e. The van der Waals surface area contributed by atoms with Crippen LogP contribution < -0.4 is 10.2 Å². The number of aromatic amines is 1. The van der Waals surface area contributed by atoms with Crippen molar-refractivity contribution in [1.29, 1.82) is 0 Å². The molecule has 0 saturated carbocycles. The zero-order chi connectivity index (χ0) is 13.8. The first kappa shape index (κ1) is 12.9. The van der Waals surface area contributed by atoms with Gasteiger partial charge in [-0.2, -0.15) is 0 Å². The first-order valence-electron chi connectivity index (χ1n) is 5.72. The van der Waals surface area contributed by atoms with Crippen LogP contribution in [-0.4, -0.2) is 16.1 Å². The van der Waals surface area contributed by atoms with Crippen molar-refractivity contribution in [3.05, 3.63) is 63.6 Å². The van der Waals surface area contributed by atoms with Gasteiger partial charge in [-0.1, -0.05) is 30.3 Å². The average molecular weight is 259 g/mol. The predicted octanol–water partition coefficient (Wildman–Crippen LogP) is 1.96.